The number of halogens is 2. The van der Waals surface area contributed by atoms with Gasteiger partial charge in [-0.25, -0.2) is 27.1 Å². The number of primary sulfonamides is 2. The van der Waals surface area contributed by atoms with Crippen molar-refractivity contribution < 1.29 is 21.6 Å². The number of nitrogens with one attached hydrogen (secondary N) is 1. The quantitative estimate of drug-likeness (QED) is 0.510. The summed E-state index contributed by atoms with van der Waals surface area (Å²) >= 11 is 11.3. The first-order valence-corrected chi connectivity index (χ1v) is 10.7. The summed E-state index contributed by atoms with van der Waals surface area (Å²) in [7, 11) is -7.45. The SMILES string of the molecule is CC(=O)Nc1ccc(S(N)(=O)=O)cc1Cl.Nc1ccc(S(N)(=O)=O)cc1Cl. The van der Waals surface area contributed by atoms with Crippen molar-refractivity contribution in [3.63, 3.8) is 0 Å². The second-order valence-corrected chi connectivity index (χ2v) is 9.03. The minimum Gasteiger partial charge on any atom is -0.398 e. The molecule has 0 atom stereocenters. The molecule has 2 rings (SSSR count). The average Bonchev–Trinajstić information content (AvgIpc) is 2.50. The summed E-state index contributed by atoms with van der Waals surface area (Å²) in [5.74, 6) is -0.291. The molecule has 0 bridgehead atoms. The van der Waals surface area contributed by atoms with Crippen LogP contribution >= 0.6 is 23.2 Å². The molecule has 2 aromatic rings. The summed E-state index contributed by atoms with van der Waals surface area (Å²) in [5, 5.41) is 12.5. The number of sulfonamides is 2. The third-order valence-corrected chi connectivity index (χ3v) is 5.34. The molecule has 2 aromatic carbocycles. The summed E-state index contributed by atoms with van der Waals surface area (Å²) in [6.07, 6.45) is 0. The fourth-order valence-electron chi connectivity index (χ4n) is 1.65. The molecule has 0 radical (unpaired) electrons. The van der Waals surface area contributed by atoms with E-state index in [0.717, 1.165) is 0 Å². The first kappa shape index (κ1) is 23.1. The number of hydrogen-bond donors (Lipinski definition) is 4. The van der Waals surface area contributed by atoms with E-state index < -0.39 is 20.0 Å². The normalized spacial score (nSPS) is 11.3. The molecule has 0 heterocycles. The molecule has 0 saturated carbocycles. The molecule has 0 aromatic heterocycles. The van der Waals surface area contributed by atoms with Gasteiger partial charge >= 0.3 is 0 Å². The standard InChI is InChI=1S/C8H9ClN2O3S.C6H7ClN2O2S/c1-5(12)11-8-3-2-6(4-7(8)9)15(10,13)14;7-5-3-4(12(9,10)11)1-2-6(5)8/h2-4H,1H3,(H,11,12)(H2,10,13,14);1-3H,8H2,(H2,9,10,11). The van der Waals surface area contributed by atoms with Crippen LogP contribution in [0, 0.1) is 0 Å². The van der Waals surface area contributed by atoms with Crippen molar-refractivity contribution in [3.8, 4) is 0 Å². The molecule has 0 fully saturated rings. The second kappa shape index (κ2) is 8.87. The fraction of sp³-hybridized carbons (Fsp3) is 0.0714. The average molecular weight is 455 g/mol. The van der Waals surface area contributed by atoms with E-state index in [-0.39, 0.29) is 25.7 Å². The molecule has 0 aliphatic heterocycles. The Labute approximate surface area is 166 Å². The third kappa shape index (κ3) is 7.33. The van der Waals surface area contributed by atoms with E-state index in [1.165, 1.54) is 43.3 Å². The van der Waals surface area contributed by atoms with E-state index in [1.807, 2.05) is 0 Å². The van der Waals surface area contributed by atoms with Crippen LogP contribution in [-0.4, -0.2) is 22.7 Å². The van der Waals surface area contributed by atoms with E-state index in [4.69, 9.17) is 39.2 Å². The van der Waals surface area contributed by atoms with Crippen molar-refractivity contribution in [1.29, 1.82) is 0 Å². The topological polar surface area (TPSA) is 175 Å². The molecule has 1 amide bonds. The van der Waals surface area contributed by atoms with Gasteiger partial charge < -0.3 is 11.1 Å². The molecule has 0 aliphatic rings. The smallest absolute Gasteiger partial charge is 0.238 e. The highest BCUT2D eigenvalue weighted by Gasteiger charge is 2.11. The summed E-state index contributed by atoms with van der Waals surface area (Å²) < 4.78 is 43.5. The minimum atomic E-state index is -3.77. The van der Waals surface area contributed by atoms with Crippen LogP contribution in [0.3, 0.4) is 0 Å². The highest BCUT2D eigenvalue weighted by molar-refractivity contribution is 7.89. The highest BCUT2D eigenvalue weighted by Crippen LogP contribution is 2.24. The largest absolute Gasteiger partial charge is 0.398 e. The van der Waals surface area contributed by atoms with Crippen molar-refractivity contribution in [1.82, 2.24) is 0 Å². The summed E-state index contributed by atoms with van der Waals surface area (Å²) in [5.41, 5.74) is 6.03. The molecule has 7 N–H and O–H groups in total. The molecule has 0 aliphatic carbocycles. The van der Waals surface area contributed by atoms with Gasteiger partial charge in [0.1, 0.15) is 0 Å². The maximum absolute atomic E-state index is 11.0. The third-order valence-electron chi connectivity index (χ3n) is 2.88. The number of nitrogen functional groups attached to an aromatic ring is 1. The van der Waals surface area contributed by atoms with Crippen LogP contribution in [0.1, 0.15) is 6.92 Å². The fourth-order valence-corrected chi connectivity index (χ4v) is 3.27. The van der Waals surface area contributed by atoms with Crippen LogP contribution in [0.2, 0.25) is 10.0 Å². The van der Waals surface area contributed by atoms with Crippen LogP contribution in [0.5, 0.6) is 0 Å². The Balaban J connectivity index is 0.000000277. The van der Waals surface area contributed by atoms with Crippen LogP contribution in [0.4, 0.5) is 11.4 Å². The van der Waals surface area contributed by atoms with Crippen molar-refractivity contribution in [2.75, 3.05) is 11.1 Å². The van der Waals surface area contributed by atoms with E-state index in [9.17, 15) is 21.6 Å². The van der Waals surface area contributed by atoms with Crippen molar-refractivity contribution >= 4 is 60.5 Å². The van der Waals surface area contributed by atoms with E-state index in [1.54, 1.807) is 0 Å². The van der Waals surface area contributed by atoms with E-state index in [0.29, 0.717) is 11.4 Å². The number of anilines is 2. The number of carbonyl (C=O) groups excluding carboxylic acids is 1. The Bertz CT molecular complexity index is 1070. The molecule has 0 unspecified atom stereocenters. The summed E-state index contributed by atoms with van der Waals surface area (Å²) in [6.45, 7) is 1.32. The number of hydrogen-bond acceptors (Lipinski definition) is 6. The lowest BCUT2D eigenvalue weighted by molar-refractivity contribution is -0.114. The zero-order valence-electron chi connectivity index (χ0n) is 13.8. The number of amides is 1. The lowest BCUT2D eigenvalue weighted by Gasteiger charge is -2.05. The van der Waals surface area contributed by atoms with Gasteiger partial charge in [-0.15, -0.1) is 0 Å². The molecule has 27 heavy (non-hydrogen) atoms. The number of nitrogens with two attached hydrogens (primary N) is 3. The zero-order valence-corrected chi connectivity index (χ0v) is 17.0. The van der Waals surface area contributed by atoms with Gasteiger partial charge in [-0.1, -0.05) is 23.2 Å². The molecule has 148 valence electrons. The van der Waals surface area contributed by atoms with Crippen molar-refractivity contribution in [3.05, 3.63) is 46.4 Å². The first-order chi connectivity index (χ1) is 12.2. The molecular formula is C14H16Cl2N4O5S2. The van der Waals surface area contributed by atoms with Crippen LogP contribution < -0.4 is 21.3 Å². The molecule has 9 nitrogen and oxygen atoms in total. The first-order valence-electron chi connectivity index (χ1n) is 6.89. The Morgan fingerprint density at radius 2 is 1.33 bits per heavy atom. The minimum absolute atomic E-state index is 0.0401. The van der Waals surface area contributed by atoms with Gasteiger partial charge in [0.15, 0.2) is 0 Å². The zero-order chi connectivity index (χ0) is 21.0. The monoisotopic (exact) mass is 454 g/mol. The van der Waals surface area contributed by atoms with Crippen LogP contribution in [-0.2, 0) is 24.8 Å². The van der Waals surface area contributed by atoms with E-state index >= 15 is 0 Å². The Kier molecular flexibility index (Phi) is 7.60. The molecule has 0 saturated heterocycles. The Morgan fingerprint density at radius 1 is 0.889 bits per heavy atom. The number of rotatable bonds is 3. The van der Waals surface area contributed by atoms with Gasteiger partial charge in [-0.3, -0.25) is 4.79 Å². The number of carbonyl (C=O) groups is 1. The Morgan fingerprint density at radius 3 is 1.70 bits per heavy atom. The molecule has 13 heteroatoms. The maximum Gasteiger partial charge on any atom is 0.238 e. The lowest BCUT2D eigenvalue weighted by atomic mass is 10.3. The molecular weight excluding hydrogens is 439 g/mol. The van der Waals surface area contributed by atoms with Gasteiger partial charge in [-0.2, -0.15) is 0 Å². The van der Waals surface area contributed by atoms with Gasteiger partial charge in [-0.05, 0) is 36.4 Å². The predicted octanol–water partition coefficient (Wildman–Crippen LogP) is 1.52. The van der Waals surface area contributed by atoms with Gasteiger partial charge in [0.25, 0.3) is 0 Å². The highest BCUT2D eigenvalue weighted by atomic mass is 35.5. The van der Waals surface area contributed by atoms with Crippen LogP contribution in [0.15, 0.2) is 46.2 Å². The lowest BCUT2D eigenvalue weighted by Crippen LogP contribution is -2.12. The number of benzene rings is 2. The molecule has 0 spiro atoms. The second-order valence-electron chi connectivity index (χ2n) is 5.10. The van der Waals surface area contributed by atoms with Gasteiger partial charge in [0.2, 0.25) is 26.0 Å². The Hall–Kier alpha value is -1.89. The van der Waals surface area contributed by atoms with Crippen LogP contribution in [0.25, 0.3) is 0 Å². The van der Waals surface area contributed by atoms with Gasteiger partial charge in [0.05, 0.1) is 31.2 Å². The van der Waals surface area contributed by atoms with E-state index in [2.05, 4.69) is 5.32 Å². The summed E-state index contributed by atoms with van der Waals surface area (Å²) in [4.78, 5) is 10.6. The summed E-state index contributed by atoms with van der Waals surface area (Å²) in [6, 6.07) is 7.74. The van der Waals surface area contributed by atoms with Gasteiger partial charge in [0, 0.05) is 6.92 Å². The van der Waals surface area contributed by atoms with Crippen molar-refractivity contribution in [2.24, 2.45) is 10.3 Å². The maximum atomic E-state index is 11.0. The predicted molar refractivity (Wildman–Crippen MR) is 104 cm³/mol. The van der Waals surface area contributed by atoms with Crippen molar-refractivity contribution in [2.45, 2.75) is 16.7 Å².